The molecule has 1 fully saturated rings. The van der Waals surface area contributed by atoms with Crippen LogP contribution in [0, 0.1) is 5.82 Å². The van der Waals surface area contributed by atoms with Crippen molar-refractivity contribution >= 4 is 23.1 Å². The Kier molecular flexibility index (Phi) is 4.81. The lowest BCUT2D eigenvalue weighted by Gasteiger charge is -2.47. The number of amidine groups is 1. The van der Waals surface area contributed by atoms with E-state index in [1.807, 2.05) is 24.3 Å². The zero-order valence-electron chi connectivity index (χ0n) is 17.1. The number of halogens is 1. The van der Waals surface area contributed by atoms with Gasteiger partial charge in [0.15, 0.2) is 0 Å². The third-order valence-corrected chi connectivity index (χ3v) is 5.34. The molecule has 1 spiro atoms. The minimum Gasteiger partial charge on any atom is -0.370 e. The zero-order valence-corrected chi connectivity index (χ0v) is 17.1. The maximum absolute atomic E-state index is 14.2. The number of amides is 1. The third kappa shape index (κ3) is 3.84. The van der Waals surface area contributed by atoms with Gasteiger partial charge in [-0.1, -0.05) is 24.3 Å². The highest BCUT2D eigenvalue weighted by molar-refractivity contribution is 6.10. The van der Waals surface area contributed by atoms with Gasteiger partial charge in [-0.15, -0.1) is 0 Å². The number of anilines is 2. The van der Waals surface area contributed by atoms with Crippen molar-refractivity contribution < 1.29 is 9.18 Å². The number of likely N-dealkylation sites (tertiary alicyclic amines) is 1. The molecule has 1 atom stereocenters. The molecule has 2 N–H and O–H groups in total. The first-order valence-electron chi connectivity index (χ1n) is 10.1. The molecular weight excluding hydrogens is 367 g/mol. The molecule has 0 aliphatic carbocycles. The van der Waals surface area contributed by atoms with Crippen LogP contribution in [0.3, 0.4) is 0 Å². The zero-order chi connectivity index (χ0) is 20.6. The SMILES string of the molecule is CC(C)(C)N=C1Nc2ccccc2N[C@]12CCCN(C(=O)c1ccccc1F)C2. The van der Waals surface area contributed by atoms with Crippen molar-refractivity contribution in [2.24, 2.45) is 4.99 Å². The summed E-state index contributed by atoms with van der Waals surface area (Å²) >= 11 is 0. The number of aliphatic imine (C=N–C) groups is 1. The molecule has 29 heavy (non-hydrogen) atoms. The van der Waals surface area contributed by atoms with Crippen LogP contribution in [-0.4, -0.2) is 40.8 Å². The molecule has 2 aromatic rings. The second-order valence-electron chi connectivity index (χ2n) is 8.82. The lowest BCUT2D eigenvalue weighted by molar-refractivity contribution is 0.0689. The number of hydrogen-bond donors (Lipinski definition) is 2. The summed E-state index contributed by atoms with van der Waals surface area (Å²) in [6, 6.07) is 14.2. The molecule has 152 valence electrons. The summed E-state index contributed by atoms with van der Waals surface area (Å²) in [5, 5.41) is 7.16. The number of carbonyl (C=O) groups is 1. The number of rotatable bonds is 1. The van der Waals surface area contributed by atoms with Crippen LogP contribution in [0.4, 0.5) is 15.8 Å². The molecule has 0 saturated carbocycles. The summed E-state index contributed by atoms with van der Waals surface area (Å²) in [5.41, 5.74) is 1.27. The number of carbonyl (C=O) groups excluding carboxylic acids is 1. The molecule has 2 heterocycles. The molecule has 4 rings (SSSR count). The van der Waals surface area contributed by atoms with E-state index in [1.165, 1.54) is 6.07 Å². The van der Waals surface area contributed by atoms with Gasteiger partial charge in [0.2, 0.25) is 0 Å². The summed E-state index contributed by atoms with van der Waals surface area (Å²) in [6.45, 7) is 7.19. The molecule has 1 amide bonds. The predicted octanol–water partition coefficient (Wildman–Crippen LogP) is 4.54. The average molecular weight is 394 g/mol. The van der Waals surface area contributed by atoms with Gasteiger partial charge in [-0.25, -0.2) is 4.39 Å². The van der Waals surface area contributed by atoms with Crippen molar-refractivity contribution in [3.63, 3.8) is 0 Å². The molecule has 6 heteroatoms. The Bertz CT molecular complexity index is 965. The summed E-state index contributed by atoms with van der Waals surface area (Å²) in [5.74, 6) is 0.0634. The maximum Gasteiger partial charge on any atom is 0.256 e. The molecule has 1 saturated heterocycles. The standard InChI is InChI=1S/C23H27FN4O/c1-22(2,3)27-21-23(26-19-12-7-6-11-18(19)25-21)13-8-14-28(15-23)20(29)16-9-4-5-10-17(16)24/h4-7,9-12,26H,8,13-15H2,1-3H3,(H,25,27)/t23-/m0/s1. The first kappa shape index (κ1) is 19.4. The molecule has 0 radical (unpaired) electrons. The highest BCUT2D eigenvalue weighted by Crippen LogP contribution is 2.37. The normalized spacial score (nSPS) is 22.8. The summed E-state index contributed by atoms with van der Waals surface area (Å²) < 4.78 is 14.2. The van der Waals surface area contributed by atoms with Crippen LogP contribution in [0.25, 0.3) is 0 Å². The van der Waals surface area contributed by atoms with Crippen LogP contribution >= 0.6 is 0 Å². The summed E-state index contributed by atoms with van der Waals surface area (Å²) in [4.78, 5) is 19.8. The number of nitrogens with one attached hydrogen (secondary N) is 2. The van der Waals surface area contributed by atoms with Gasteiger partial charge in [-0.2, -0.15) is 0 Å². The fourth-order valence-electron chi connectivity index (χ4n) is 4.06. The van der Waals surface area contributed by atoms with E-state index in [9.17, 15) is 9.18 Å². The van der Waals surface area contributed by atoms with Crippen molar-refractivity contribution in [3.05, 3.63) is 59.9 Å². The van der Waals surface area contributed by atoms with Crippen LogP contribution in [-0.2, 0) is 0 Å². The number of hydrogen-bond acceptors (Lipinski definition) is 3. The molecule has 2 aliphatic heterocycles. The fraction of sp³-hybridized carbons (Fsp3) is 0.391. The van der Waals surface area contributed by atoms with E-state index < -0.39 is 11.4 Å². The molecule has 5 nitrogen and oxygen atoms in total. The van der Waals surface area contributed by atoms with Crippen LogP contribution in [0.5, 0.6) is 0 Å². The molecule has 0 bridgehead atoms. The van der Waals surface area contributed by atoms with Crippen molar-refractivity contribution in [1.29, 1.82) is 0 Å². The number of nitrogens with zero attached hydrogens (tertiary/aromatic N) is 2. The number of benzene rings is 2. The second-order valence-corrected chi connectivity index (χ2v) is 8.82. The Balaban J connectivity index is 1.71. The van der Waals surface area contributed by atoms with Crippen molar-refractivity contribution in [1.82, 2.24) is 4.90 Å². The van der Waals surface area contributed by atoms with E-state index in [0.29, 0.717) is 13.1 Å². The van der Waals surface area contributed by atoms with E-state index in [2.05, 4.69) is 31.4 Å². The Morgan fingerprint density at radius 1 is 1.10 bits per heavy atom. The Morgan fingerprint density at radius 3 is 2.52 bits per heavy atom. The average Bonchev–Trinajstić information content (AvgIpc) is 2.67. The predicted molar refractivity (Wildman–Crippen MR) is 115 cm³/mol. The van der Waals surface area contributed by atoms with E-state index >= 15 is 0 Å². The molecule has 0 unspecified atom stereocenters. The van der Waals surface area contributed by atoms with Crippen molar-refractivity contribution in [2.45, 2.75) is 44.7 Å². The minimum absolute atomic E-state index is 0.114. The first-order valence-corrected chi connectivity index (χ1v) is 10.1. The van der Waals surface area contributed by atoms with Crippen LogP contribution in [0.1, 0.15) is 44.0 Å². The van der Waals surface area contributed by atoms with Gasteiger partial charge in [-0.3, -0.25) is 9.79 Å². The quantitative estimate of drug-likeness (QED) is 0.747. The van der Waals surface area contributed by atoms with Gasteiger partial charge in [0.1, 0.15) is 17.2 Å². The molecule has 0 aromatic heterocycles. The largest absolute Gasteiger partial charge is 0.370 e. The Labute approximate surface area is 171 Å². The van der Waals surface area contributed by atoms with Gasteiger partial charge < -0.3 is 15.5 Å². The van der Waals surface area contributed by atoms with Gasteiger partial charge in [0.25, 0.3) is 5.91 Å². The van der Waals surface area contributed by atoms with Gasteiger partial charge in [-0.05, 0) is 57.9 Å². The molecular formula is C23H27FN4O. The van der Waals surface area contributed by atoms with Crippen LogP contribution in [0.15, 0.2) is 53.5 Å². The fourth-order valence-corrected chi connectivity index (χ4v) is 4.06. The van der Waals surface area contributed by atoms with Crippen LogP contribution < -0.4 is 10.6 Å². The van der Waals surface area contributed by atoms with Gasteiger partial charge >= 0.3 is 0 Å². The minimum atomic E-state index is -0.527. The van der Waals surface area contributed by atoms with Gasteiger partial charge in [0.05, 0.1) is 29.0 Å². The van der Waals surface area contributed by atoms with Gasteiger partial charge in [0, 0.05) is 6.54 Å². The number of fused-ring (bicyclic) bond motifs is 1. The van der Waals surface area contributed by atoms with Crippen molar-refractivity contribution in [3.8, 4) is 0 Å². The highest BCUT2D eigenvalue weighted by Gasteiger charge is 2.45. The van der Waals surface area contributed by atoms with Crippen molar-refractivity contribution in [2.75, 3.05) is 23.7 Å². The maximum atomic E-state index is 14.2. The summed E-state index contributed by atoms with van der Waals surface area (Å²) in [7, 11) is 0. The lowest BCUT2D eigenvalue weighted by atomic mass is 9.84. The number of para-hydroxylation sites is 2. The lowest BCUT2D eigenvalue weighted by Crippen LogP contribution is -2.63. The van der Waals surface area contributed by atoms with E-state index in [-0.39, 0.29) is 17.0 Å². The van der Waals surface area contributed by atoms with E-state index in [4.69, 9.17) is 4.99 Å². The Morgan fingerprint density at radius 2 is 1.79 bits per heavy atom. The first-order chi connectivity index (χ1) is 13.8. The highest BCUT2D eigenvalue weighted by atomic mass is 19.1. The smallest absolute Gasteiger partial charge is 0.256 e. The Hall–Kier alpha value is -2.89. The monoisotopic (exact) mass is 394 g/mol. The van der Waals surface area contributed by atoms with E-state index in [0.717, 1.165) is 30.1 Å². The van der Waals surface area contributed by atoms with Crippen LogP contribution in [0.2, 0.25) is 0 Å². The second kappa shape index (κ2) is 7.17. The summed E-state index contributed by atoms with van der Waals surface area (Å²) in [6.07, 6.45) is 1.64. The molecule has 2 aromatic carbocycles. The van der Waals surface area contributed by atoms with E-state index in [1.54, 1.807) is 23.1 Å². The number of piperidine rings is 1. The molecule has 2 aliphatic rings. The third-order valence-electron chi connectivity index (χ3n) is 5.34. The topological polar surface area (TPSA) is 56.7 Å².